The van der Waals surface area contributed by atoms with Crippen LogP contribution in [0.4, 0.5) is 0 Å². The van der Waals surface area contributed by atoms with Crippen molar-refractivity contribution in [2.75, 3.05) is 0 Å². The van der Waals surface area contributed by atoms with E-state index in [9.17, 15) is 0 Å². The first-order chi connectivity index (χ1) is 24.3. The van der Waals surface area contributed by atoms with Crippen LogP contribution in [0.1, 0.15) is 0 Å². The molecule has 0 unspecified atom stereocenters. The van der Waals surface area contributed by atoms with Crippen molar-refractivity contribution in [3.8, 4) is 39.6 Å². The Morgan fingerprint density at radius 1 is 0.367 bits per heavy atom. The van der Waals surface area contributed by atoms with Gasteiger partial charge in [0.2, 0.25) is 0 Å². The second-order valence-electron chi connectivity index (χ2n) is 12.6. The summed E-state index contributed by atoms with van der Waals surface area (Å²) >= 11 is 0. The zero-order chi connectivity index (χ0) is 32.3. The molecule has 0 fully saturated rings. The van der Waals surface area contributed by atoms with E-state index in [0.717, 1.165) is 39.2 Å². The Labute approximate surface area is 283 Å². The molecule has 2 aromatic heterocycles. The van der Waals surface area contributed by atoms with Gasteiger partial charge in [0.05, 0.1) is 16.7 Å². The molecule has 0 atom stereocenters. The van der Waals surface area contributed by atoms with Crippen molar-refractivity contribution in [3.63, 3.8) is 0 Å². The van der Waals surface area contributed by atoms with Crippen molar-refractivity contribution in [2.24, 2.45) is 0 Å². The van der Waals surface area contributed by atoms with Crippen LogP contribution in [0.25, 0.3) is 93.7 Å². The van der Waals surface area contributed by atoms with Gasteiger partial charge in [-0.25, -0.2) is 9.97 Å². The van der Waals surface area contributed by atoms with Gasteiger partial charge in [0.25, 0.3) is 0 Å². The summed E-state index contributed by atoms with van der Waals surface area (Å²) in [4.78, 5) is 10.6. The van der Waals surface area contributed by atoms with Gasteiger partial charge in [-0.1, -0.05) is 164 Å². The second kappa shape index (κ2) is 11.0. The number of para-hydroxylation sites is 1. The minimum Gasteiger partial charge on any atom is -0.293 e. The third-order valence-electron chi connectivity index (χ3n) is 9.79. The number of rotatable bonds is 4. The lowest BCUT2D eigenvalue weighted by atomic mass is 9.93. The fourth-order valence-electron chi connectivity index (χ4n) is 7.55. The van der Waals surface area contributed by atoms with Gasteiger partial charge in [-0.2, -0.15) is 0 Å². The Morgan fingerprint density at radius 3 is 1.73 bits per heavy atom. The predicted molar refractivity (Wildman–Crippen MR) is 205 cm³/mol. The van der Waals surface area contributed by atoms with E-state index < -0.39 is 0 Å². The maximum absolute atomic E-state index is 5.38. The zero-order valence-corrected chi connectivity index (χ0v) is 26.6. The molecule has 10 rings (SSSR count). The number of nitrogens with zero attached hydrogens (tertiary/aromatic N) is 3. The molecule has 0 aliphatic heterocycles. The normalized spacial score (nSPS) is 11.7. The van der Waals surface area contributed by atoms with E-state index in [4.69, 9.17) is 9.97 Å². The van der Waals surface area contributed by atoms with Gasteiger partial charge in [0, 0.05) is 38.7 Å². The molecule has 8 aromatic carbocycles. The summed E-state index contributed by atoms with van der Waals surface area (Å²) in [7, 11) is 0. The van der Waals surface area contributed by atoms with Crippen LogP contribution in [0.5, 0.6) is 0 Å². The van der Waals surface area contributed by atoms with Gasteiger partial charge in [-0.3, -0.25) is 4.57 Å². The van der Waals surface area contributed by atoms with E-state index in [0.29, 0.717) is 5.82 Å². The summed E-state index contributed by atoms with van der Waals surface area (Å²) in [5.74, 6) is 1.53. The number of hydrogen-bond donors (Lipinski definition) is 0. The molecular formula is C46H29N3. The topological polar surface area (TPSA) is 30.7 Å². The Balaban J connectivity index is 1.32. The fourth-order valence-corrected chi connectivity index (χ4v) is 7.55. The van der Waals surface area contributed by atoms with Gasteiger partial charge in [0.15, 0.2) is 5.82 Å². The number of benzene rings is 8. The van der Waals surface area contributed by atoms with Gasteiger partial charge >= 0.3 is 0 Å². The lowest BCUT2D eigenvalue weighted by Gasteiger charge is -2.15. The van der Waals surface area contributed by atoms with Crippen molar-refractivity contribution >= 4 is 54.1 Å². The van der Waals surface area contributed by atoms with Crippen LogP contribution in [0.15, 0.2) is 176 Å². The van der Waals surface area contributed by atoms with Crippen LogP contribution < -0.4 is 0 Å². The Morgan fingerprint density at radius 2 is 0.959 bits per heavy atom. The highest BCUT2D eigenvalue weighted by molar-refractivity contribution is 6.36. The molecule has 228 valence electrons. The third kappa shape index (κ3) is 4.37. The van der Waals surface area contributed by atoms with E-state index in [1.54, 1.807) is 0 Å². The monoisotopic (exact) mass is 623 g/mol. The van der Waals surface area contributed by atoms with Crippen LogP contribution in [-0.4, -0.2) is 14.5 Å². The molecule has 0 saturated heterocycles. The highest BCUT2D eigenvalue weighted by Crippen LogP contribution is 2.44. The molecule has 3 heteroatoms. The smallest absolute Gasteiger partial charge is 0.162 e. The molecule has 0 bridgehead atoms. The molecule has 0 aliphatic rings. The quantitative estimate of drug-likeness (QED) is 0.183. The van der Waals surface area contributed by atoms with Crippen LogP contribution >= 0.6 is 0 Å². The first kappa shape index (κ1) is 27.5. The zero-order valence-electron chi connectivity index (χ0n) is 26.6. The number of hydrogen-bond acceptors (Lipinski definition) is 2. The molecular weight excluding hydrogens is 595 g/mol. The van der Waals surface area contributed by atoms with Gasteiger partial charge < -0.3 is 0 Å². The van der Waals surface area contributed by atoms with Crippen molar-refractivity contribution in [1.29, 1.82) is 0 Å². The molecule has 10 aromatic rings. The van der Waals surface area contributed by atoms with Crippen LogP contribution in [0.3, 0.4) is 0 Å². The highest BCUT2D eigenvalue weighted by atomic mass is 15.1. The second-order valence-corrected chi connectivity index (χ2v) is 12.6. The predicted octanol–water partition coefficient (Wildman–Crippen LogP) is 12.0. The summed E-state index contributed by atoms with van der Waals surface area (Å²) in [6, 6.07) is 62.5. The minimum absolute atomic E-state index is 0.692. The Hall–Kier alpha value is -6.58. The van der Waals surface area contributed by atoms with Gasteiger partial charge in [0.1, 0.15) is 5.82 Å². The maximum atomic E-state index is 5.38. The summed E-state index contributed by atoms with van der Waals surface area (Å²) in [6.07, 6.45) is 0. The molecule has 49 heavy (non-hydrogen) atoms. The standard InChI is InChI=1S/C46H29N3/c1-3-13-30(14-4-1)31-23-25-34(26-24-31)46-47-40(33-16-5-2-6-17-33)29-42(48-46)49-41-22-12-11-21-39(41)44-43-35-18-8-7-15-32(35)27-28-37(43)36-19-9-10-20-38(36)45(44)49/h1-29H. The molecule has 2 heterocycles. The van der Waals surface area contributed by atoms with Crippen LogP contribution in [-0.2, 0) is 0 Å². The molecule has 3 nitrogen and oxygen atoms in total. The first-order valence-electron chi connectivity index (χ1n) is 16.7. The summed E-state index contributed by atoms with van der Waals surface area (Å²) in [6.45, 7) is 0. The summed E-state index contributed by atoms with van der Waals surface area (Å²) in [5, 5.41) is 9.91. The van der Waals surface area contributed by atoms with Crippen LogP contribution in [0.2, 0.25) is 0 Å². The third-order valence-corrected chi connectivity index (χ3v) is 9.79. The molecule has 0 saturated carbocycles. The SMILES string of the molecule is c1ccc(-c2ccc(-c3nc(-c4ccccc4)cc(-n4c5ccccc5c5c6c7ccccc7ccc6c6ccccc6c54)n3)cc2)cc1. The molecule has 0 aliphatic carbocycles. The average molecular weight is 624 g/mol. The lowest BCUT2D eigenvalue weighted by Crippen LogP contribution is -2.03. The minimum atomic E-state index is 0.692. The van der Waals surface area contributed by atoms with Crippen LogP contribution in [0, 0.1) is 0 Å². The van der Waals surface area contributed by atoms with Crippen molar-refractivity contribution in [1.82, 2.24) is 14.5 Å². The molecule has 0 N–H and O–H groups in total. The van der Waals surface area contributed by atoms with Crippen molar-refractivity contribution < 1.29 is 0 Å². The average Bonchev–Trinajstić information content (AvgIpc) is 3.54. The van der Waals surface area contributed by atoms with E-state index in [2.05, 4.69) is 168 Å². The maximum Gasteiger partial charge on any atom is 0.162 e. The van der Waals surface area contributed by atoms with Crippen molar-refractivity contribution in [2.45, 2.75) is 0 Å². The fraction of sp³-hybridized carbons (Fsp3) is 0. The molecule has 0 amide bonds. The summed E-state index contributed by atoms with van der Waals surface area (Å²) in [5.41, 5.74) is 7.53. The molecule has 0 spiro atoms. The molecule has 0 radical (unpaired) electrons. The van der Waals surface area contributed by atoms with Crippen molar-refractivity contribution in [3.05, 3.63) is 176 Å². The van der Waals surface area contributed by atoms with E-state index in [1.807, 2.05) is 12.1 Å². The number of fused-ring (bicyclic) bond motifs is 10. The van der Waals surface area contributed by atoms with E-state index >= 15 is 0 Å². The van der Waals surface area contributed by atoms with E-state index in [1.165, 1.54) is 48.7 Å². The highest BCUT2D eigenvalue weighted by Gasteiger charge is 2.22. The Kier molecular flexibility index (Phi) is 6.18. The summed E-state index contributed by atoms with van der Waals surface area (Å²) < 4.78 is 2.37. The van der Waals surface area contributed by atoms with Gasteiger partial charge in [-0.05, 0) is 38.7 Å². The lowest BCUT2D eigenvalue weighted by molar-refractivity contribution is 1.05. The largest absolute Gasteiger partial charge is 0.293 e. The van der Waals surface area contributed by atoms with E-state index in [-0.39, 0.29) is 0 Å². The Bertz CT molecular complexity index is 2850. The number of aromatic nitrogens is 3. The first-order valence-corrected chi connectivity index (χ1v) is 16.7. The van der Waals surface area contributed by atoms with Gasteiger partial charge in [-0.15, -0.1) is 0 Å².